The van der Waals surface area contributed by atoms with E-state index in [1.165, 1.54) is 24.5 Å². The number of nitrogens with zero attached hydrogens (tertiary/aromatic N) is 3. The Morgan fingerprint density at radius 3 is 2.80 bits per heavy atom. The van der Waals surface area contributed by atoms with Crippen molar-refractivity contribution in [3.63, 3.8) is 0 Å². The second-order valence-corrected chi connectivity index (χ2v) is 9.48. The highest BCUT2D eigenvalue weighted by Gasteiger charge is 2.29. The molecule has 2 atom stereocenters. The maximum atomic E-state index is 13.9. The van der Waals surface area contributed by atoms with Crippen LogP contribution in [0.25, 0.3) is 0 Å². The number of benzene rings is 1. The molecule has 0 spiro atoms. The fraction of sp³-hybridized carbons (Fsp3) is 0.350. The molecule has 1 aromatic heterocycles. The van der Waals surface area contributed by atoms with Crippen molar-refractivity contribution >= 4 is 33.2 Å². The number of hydrogen-bond acceptors (Lipinski definition) is 6. The minimum Gasteiger partial charge on any atom is -0.348 e. The Balaban J connectivity index is 1.72. The molecule has 1 N–H and O–H groups in total. The summed E-state index contributed by atoms with van der Waals surface area (Å²) in [7, 11) is -3.27. The van der Waals surface area contributed by atoms with Crippen LogP contribution in [0.1, 0.15) is 41.9 Å². The number of sulfone groups is 1. The first-order valence-corrected chi connectivity index (χ1v) is 11.7. The maximum absolute atomic E-state index is 13.9. The molecule has 1 unspecified atom stereocenters. The molecule has 160 valence electrons. The minimum absolute atomic E-state index is 0.106. The van der Waals surface area contributed by atoms with Crippen LogP contribution in [0.5, 0.6) is 0 Å². The molecule has 1 amide bonds. The monoisotopic (exact) mass is 452 g/mol. The molecule has 3 rings (SSSR count). The first-order valence-electron chi connectivity index (χ1n) is 9.37. The van der Waals surface area contributed by atoms with Crippen molar-refractivity contribution in [3.8, 4) is 0 Å². The van der Waals surface area contributed by atoms with Gasteiger partial charge in [0.2, 0.25) is 0 Å². The number of carbonyl (C=O) groups is 1. The molecule has 7 nitrogen and oxygen atoms in total. The summed E-state index contributed by atoms with van der Waals surface area (Å²) in [6.45, 7) is 2.37. The van der Waals surface area contributed by atoms with Crippen molar-refractivity contribution in [2.45, 2.75) is 31.8 Å². The zero-order chi connectivity index (χ0) is 21.9. The molecule has 1 fully saturated rings. The van der Waals surface area contributed by atoms with Crippen molar-refractivity contribution in [1.29, 1.82) is 0 Å². The van der Waals surface area contributed by atoms with Gasteiger partial charge in [-0.25, -0.2) is 22.8 Å². The van der Waals surface area contributed by atoms with Crippen LogP contribution in [0, 0.1) is 5.82 Å². The van der Waals surface area contributed by atoms with E-state index in [0.717, 1.165) is 24.5 Å². The zero-order valence-electron chi connectivity index (χ0n) is 16.5. The number of carbonyl (C=O) groups excluding carboxylic acids is 1. The Kier molecular flexibility index (Phi) is 6.72. The topological polar surface area (TPSA) is 92.3 Å². The average Bonchev–Trinajstić information content (AvgIpc) is 3.17. The summed E-state index contributed by atoms with van der Waals surface area (Å²) in [5.41, 5.74) is 0.808. The van der Waals surface area contributed by atoms with E-state index in [4.69, 9.17) is 11.6 Å². The smallest absolute Gasteiger partial charge is 0.271 e. The van der Waals surface area contributed by atoms with Crippen LogP contribution in [-0.2, 0) is 9.84 Å². The van der Waals surface area contributed by atoms with Gasteiger partial charge >= 0.3 is 0 Å². The van der Waals surface area contributed by atoms with Crippen LogP contribution < -0.4 is 10.2 Å². The lowest BCUT2D eigenvalue weighted by molar-refractivity contribution is 0.0941. The largest absolute Gasteiger partial charge is 0.348 e. The molecule has 1 aliphatic rings. The van der Waals surface area contributed by atoms with Crippen molar-refractivity contribution < 1.29 is 17.6 Å². The maximum Gasteiger partial charge on any atom is 0.271 e. The second-order valence-electron chi connectivity index (χ2n) is 7.17. The third kappa shape index (κ3) is 5.34. The van der Waals surface area contributed by atoms with Gasteiger partial charge in [0, 0.05) is 24.3 Å². The molecule has 2 heterocycles. The molecule has 10 heteroatoms. The molecule has 1 saturated heterocycles. The van der Waals surface area contributed by atoms with Crippen LogP contribution in [0.3, 0.4) is 0 Å². The highest BCUT2D eigenvalue weighted by Crippen LogP contribution is 2.38. The fourth-order valence-corrected chi connectivity index (χ4v) is 4.09. The van der Waals surface area contributed by atoms with E-state index in [2.05, 4.69) is 15.3 Å². The van der Waals surface area contributed by atoms with Crippen molar-refractivity contribution in [2.75, 3.05) is 17.7 Å². The highest BCUT2D eigenvalue weighted by molar-refractivity contribution is 7.93. The third-order valence-electron chi connectivity index (χ3n) is 4.73. The first-order chi connectivity index (χ1) is 14.2. The number of rotatable bonds is 6. The number of anilines is 1. The summed E-state index contributed by atoms with van der Waals surface area (Å²) in [6.07, 6.45) is 7.01. The standard InChI is InChI=1S/C20H22ClFN4O3S/c1-13(8-10-30(2,28)29)25-20(27)16-11-24-18(12-23-16)26-9-4-7-17(26)14-5-3-6-15(22)19(14)21/h3,5-6,8,10-13,17H,4,7,9H2,1-2H3,(H,25,27)/b10-8+/t13-,17?/m1/s1. The Bertz CT molecular complexity index is 1060. The SMILES string of the molecule is C[C@H](/C=C/S(C)(=O)=O)NC(=O)c1cnc(N2CCCC2c2cccc(F)c2Cl)cn1. The van der Waals surface area contributed by atoms with Gasteiger partial charge in [0.15, 0.2) is 9.84 Å². The normalized spacial score (nSPS) is 18.0. The van der Waals surface area contributed by atoms with Crippen LogP contribution >= 0.6 is 11.6 Å². The van der Waals surface area contributed by atoms with Gasteiger partial charge in [-0.05, 0) is 31.4 Å². The van der Waals surface area contributed by atoms with E-state index >= 15 is 0 Å². The van der Waals surface area contributed by atoms with Gasteiger partial charge in [0.05, 0.1) is 23.5 Å². The summed E-state index contributed by atoms with van der Waals surface area (Å²) >= 11 is 6.16. The number of amides is 1. The zero-order valence-corrected chi connectivity index (χ0v) is 18.1. The van der Waals surface area contributed by atoms with Crippen LogP contribution in [0.4, 0.5) is 10.2 Å². The van der Waals surface area contributed by atoms with Crippen LogP contribution in [0.15, 0.2) is 42.1 Å². The minimum atomic E-state index is -3.27. The third-order valence-corrected chi connectivity index (χ3v) is 5.78. The molecule has 0 radical (unpaired) electrons. The molecular formula is C20H22ClFN4O3S. The summed E-state index contributed by atoms with van der Waals surface area (Å²) in [5, 5.41) is 3.79. The van der Waals surface area contributed by atoms with E-state index in [9.17, 15) is 17.6 Å². The summed E-state index contributed by atoms with van der Waals surface area (Å²) < 4.78 is 36.2. The summed E-state index contributed by atoms with van der Waals surface area (Å²) in [6, 6.07) is 4.14. The van der Waals surface area contributed by atoms with Gasteiger partial charge < -0.3 is 10.2 Å². The average molecular weight is 453 g/mol. The molecule has 1 aliphatic heterocycles. The first kappa shape index (κ1) is 22.2. The lowest BCUT2D eigenvalue weighted by atomic mass is 10.0. The van der Waals surface area contributed by atoms with Crippen LogP contribution in [-0.4, -0.2) is 43.1 Å². The molecule has 1 aromatic carbocycles. The summed E-state index contributed by atoms with van der Waals surface area (Å²) in [4.78, 5) is 22.8. The quantitative estimate of drug-likeness (QED) is 0.723. The van der Waals surface area contributed by atoms with E-state index in [1.54, 1.807) is 19.1 Å². The van der Waals surface area contributed by atoms with Gasteiger partial charge in [-0.1, -0.05) is 29.8 Å². The predicted molar refractivity (Wildman–Crippen MR) is 114 cm³/mol. The molecule has 0 aliphatic carbocycles. The van der Waals surface area contributed by atoms with Gasteiger partial charge in [-0.15, -0.1) is 0 Å². The molecular weight excluding hydrogens is 431 g/mol. The van der Waals surface area contributed by atoms with E-state index < -0.39 is 27.6 Å². The Labute approximate surface area is 179 Å². The lowest BCUT2D eigenvalue weighted by Crippen LogP contribution is -2.32. The van der Waals surface area contributed by atoms with Gasteiger partial charge in [-0.3, -0.25) is 4.79 Å². The van der Waals surface area contributed by atoms with Crippen LogP contribution in [0.2, 0.25) is 5.02 Å². The van der Waals surface area contributed by atoms with E-state index in [0.29, 0.717) is 17.9 Å². The van der Waals surface area contributed by atoms with Gasteiger partial charge in [0.1, 0.15) is 17.3 Å². The van der Waals surface area contributed by atoms with Crippen molar-refractivity contribution in [2.24, 2.45) is 0 Å². The van der Waals surface area contributed by atoms with Gasteiger partial charge in [0.25, 0.3) is 5.91 Å². The highest BCUT2D eigenvalue weighted by atomic mass is 35.5. The van der Waals surface area contributed by atoms with Gasteiger partial charge in [-0.2, -0.15) is 0 Å². The number of aromatic nitrogens is 2. The Morgan fingerprint density at radius 2 is 2.13 bits per heavy atom. The molecule has 0 bridgehead atoms. The van der Waals surface area contributed by atoms with E-state index in [-0.39, 0.29) is 16.8 Å². The lowest BCUT2D eigenvalue weighted by Gasteiger charge is -2.26. The Morgan fingerprint density at radius 1 is 1.37 bits per heavy atom. The molecule has 30 heavy (non-hydrogen) atoms. The van der Waals surface area contributed by atoms with Crippen molar-refractivity contribution in [1.82, 2.24) is 15.3 Å². The molecule has 2 aromatic rings. The second kappa shape index (κ2) is 9.09. The number of halogens is 2. The predicted octanol–water partition coefficient (Wildman–Crippen LogP) is 3.29. The van der Waals surface area contributed by atoms with E-state index in [1.807, 2.05) is 4.90 Å². The summed E-state index contributed by atoms with van der Waals surface area (Å²) in [5.74, 6) is -0.358. The Hall–Kier alpha value is -2.52. The fourth-order valence-electron chi connectivity index (χ4n) is 3.32. The van der Waals surface area contributed by atoms with Crippen molar-refractivity contribution in [3.05, 3.63) is 64.2 Å². The number of nitrogens with one attached hydrogen (secondary N) is 1. The number of hydrogen-bond donors (Lipinski definition) is 1. The molecule has 0 saturated carbocycles.